The van der Waals surface area contributed by atoms with Crippen LogP contribution in [0, 0.1) is 0 Å². The van der Waals surface area contributed by atoms with E-state index in [9.17, 15) is 5.11 Å². The molecule has 0 radical (unpaired) electrons. The molecule has 0 aromatic carbocycles. The molecule has 0 fully saturated rings. The minimum absolute atomic E-state index is 0.139. The topological polar surface area (TPSA) is 60.7 Å². The minimum Gasteiger partial charge on any atom is -0.394 e. The first-order valence-corrected chi connectivity index (χ1v) is 5.53. The molecule has 0 aromatic heterocycles. The summed E-state index contributed by atoms with van der Waals surface area (Å²) < 4.78 is 0. The Morgan fingerprint density at radius 1 is 1.44 bits per heavy atom. The van der Waals surface area contributed by atoms with Crippen LogP contribution in [-0.2, 0) is 0 Å². The van der Waals surface area contributed by atoms with Gasteiger partial charge in [-0.15, -0.1) is 6.58 Å². The van der Waals surface area contributed by atoms with E-state index >= 15 is 0 Å². The van der Waals surface area contributed by atoms with Crippen molar-refractivity contribution in [2.45, 2.75) is 52.2 Å². The van der Waals surface area contributed by atoms with Crippen LogP contribution in [-0.4, -0.2) is 33.6 Å². The van der Waals surface area contributed by atoms with Crippen LogP contribution in [0.2, 0.25) is 0 Å². The molecule has 0 rings (SSSR count). The average molecular weight is 230 g/mol. The van der Waals surface area contributed by atoms with Crippen molar-refractivity contribution in [2.75, 3.05) is 6.61 Å². The summed E-state index contributed by atoms with van der Waals surface area (Å²) >= 11 is 0. The minimum atomic E-state index is -0.702. The summed E-state index contributed by atoms with van der Waals surface area (Å²) in [5.41, 5.74) is 0.594. The van der Waals surface area contributed by atoms with Gasteiger partial charge in [0.2, 0.25) is 0 Å². The lowest BCUT2D eigenvalue weighted by Gasteiger charge is -2.16. The Hall–Kier alpha value is -0.640. The third-order valence-corrected chi connectivity index (χ3v) is 1.91. The fraction of sp³-hybridized carbons (Fsp3) is 0.692. The van der Waals surface area contributed by atoms with Gasteiger partial charge in [-0.3, -0.25) is 0 Å². The number of hydrogen-bond acceptors (Lipinski definition) is 3. The molecule has 0 bridgehead atoms. The third kappa shape index (κ3) is 15.8. The lowest BCUT2D eigenvalue weighted by molar-refractivity contribution is 0.103. The Morgan fingerprint density at radius 3 is 2.12 bits per heavy atom. The molecule has 0 saturated heterocycles. The van der Waals surface area contributed by atoms with Crippen LogP contribution in [0.25, 0.3) is 0 Å². The number of hydrogen-bond donors (Lipinski definition) is 3. The molecular formula is C13H26O3. The number of rotatable bonds is 5. The Bertz CT molecular complexity index is 201. The van der Waals surface area contributed by atoms with E-state index in [1.54, 1.807) is 13.0 Å². The smallest absolute Gasteiger partial charge is 0.0800 e. The Morgan fingerprint density at radius 2 is 1.88 bits per heavy atom. The number of allylic oxidation sites excluding steroid dienone is 2. The van der Waals surface area contributed by atoms with E-state index in [-0.39, 0.29) is 6.61 Å². The van der Waals surface area contributed by atoms with E-state index in [0.29, 0.717) is 0 Å². The van der Waals surface area contributed by atoms with Crippen LogP contribution in [0.3, 0.4) is 0 Å². The molecule has 96 valence electrons. The highest BCUT2D eigenvalue weighted by atomic mass is 16.3. The van der Waals surface area contributed by atoms with E-state index in [1.807, 2.05) is 0 Å². The number of aliphatic hydroxyl groups is 3. The summed E-state index contributed by atoms with van der Waals surface area (Å²) in [7, 11) is 0. The van der Waals surface area contributed by atoms with Crippen molar-refractivity contribution in [3.8, 4) is 0 Å². The molecule has 3 heteroatoms. The van der Waals surface area contributed by atoms with E-state index in [0.717, 1.165) is 12.8 Å². The zero-order valence-corrected chi connectivity index (χ0v) is 10.9. The van der Waals surface area contributed by atoms with Crippen LogP contribution in [0.1, 0.15) is 40.5 Å². The maximum Gasteiger partial charge on any atom is 0.0800 e. The zero-order chi connectivity index (χ0) is 13.2. The molecule has 0 heterocycles. The molecule has 0 aliphatic heterocycles. The van der Waals surface area contributed by atoms with Crippen molar-refractivity contribution >= 4 is 0 Å². The molecule has 0 aliphatic carbocycles. The Kier molecular flexibility index (Phi) is 10.6. The van der Waals surface area contributed by atoms with Crippen LogP contribution >= 0.6 is 0 Å². The van der Waals surface area contributed by atoms with Gasteiger partial charge in [0, 0.05) is 0 Å². The van der Waals surface area contributed by atoms with Crippen molar-refractivity contribution in [3.05, 3.63) is 24.3 Å². The average Bonchev–Trinajstić information content (AvgIpc) is 2.18. The predicted molar refractivity (Wildman–Crippen MR) is 68.3 cm³/mol. The fourth-order valence-electron chi connectivity index (χ4n) is 0.755. The summed E-state index contributed by atoms with van der Waals surface area (Å²) in [4.78, 5) is 0. The van der Waals surface area contributed by atoms with Crippen LogP contribution in [0.5, 0.6) is 0 Å². The van der Waals surface area contributed by atoms with Crippen LogP contribution < -0.4 is 0 Å². The molecule has 2 atom stereocenters. The van der Waals surface area contributed by atoms with Gasteiger partial charge < -0.3 is 15.3 Å². The van der Waals surface area contributed by atoms with E-state index < -0.39 is 11.7 Å². The van der Waals surface area contributed by atoms with Crippen molar-refractivity contribution in [3.63, 3.8) is 0 Å². The standard InChI is InChI=1S/C10H18O.C3H8O2/c1-5-10(4,11)8-6-7-9(2)3;1-3(5)2-4/h5,7,11H,1,6,8H2,2-4H3;3-5H,2H2,1H3. The van der Waals surface area contributed by atoms with Crippen molar-refractivity contribution in [1.29, 1.82) is 0 Å². The quantitative estimate of drug-likeness (QED) is 0.633. The SMILES string of the molecule is C=CC(C)(O)CCC=C(C)C.CC(O)CO. The zero-order valence-electron chi connectivity index (χ0n) is 10.9. The van der Waals surface area contributed by atoms with E-state index in [1.165, 1.54) is 12.5 Å². The molecule has 0 aromatic rings. The van der Waals surface area contributed by atoms with Crippen molar-refractivity contribution in [2.24, 2.45) is 0 Å². The first-order chi connectivity index (χ1) is 7.25. The molecule has 16 heavy (non-hydrogen) atoms. The first-order valence-electron chi connectivity index (χ1n) is 5.53. The van der Waals surface area contributed by atoms with Gasteiger partial charge in [-0.05, 0) is 40.5 Å². The van der Waals surface area contributed by atoms with Crippen LogP contribution in [0.15, 0.2) is 24.3 Å². The molecule has 3 nitrogen and oxygen atoms in total. The summed E-state index contributed by atoms with van der Waals surface area (Å²) in [6.07, 6.45) is 4.82. The maximum absolute atomic E-state index is 9.49. The summed E-state index contributed by atoms with van der Waals surface area (Å²) in [6.45, 7) is 10.8. The second kappa shape index (κ2) is 9.58. The molecular weight excluding hydrogens is 204 g/mol. The Balaban J connectivity index is 0. The molecule has 2 unspecified atom stereocenters. The highest BCUT2D eigenvalue weighted by Crippen LogP contribution is 2.13. The van der Waals surface area contributed by atoms with Gasteiger partial charge >= 0.3 is 0 Å². The van der Waals surface area contributed by atoms with Gasteiger partial charge in [0.05, 0.1) is 18.3 Å². The van der Waals surface area contributed by atoms with Crippen molar-refractivity contribution < 1.29 is 15.3 Å². The Labute approximate surface area is 99.1 Å². The lowest BCUT2D eigenvalue weighted by Crippen LogP contribution is -2.19. The summed E-state index contributed by atoms with van der Waals surface area (Å²) in [5.74, 6) is 0. The first kappa shape index (κ1) is 17.7. The predicted octanol–water partition coefficient (Wildman–Crippen LogP) is 2.03. The highest BCUT2D eigenvalue weighted by molar-refractivity contribution is 4.97. The molecule has 0 amide bonds. The lowest BCUT2D eigenvalue weighted by atomic mass is 10.00. The summed E-state index contributed by atoms with van der Waals surface area (Å²) in [6, 6.07) is 0. The van der Waals surface area contributed by atoms with Gasteiger partial charge in [-0.2, -0.15) is 0 Å². The fourth-order valence-corrected chi connectivity index (χ4v) is 0.755. The second-order valence-electron chi connectivity index (χ2n) is 4.41. The van der Waals surface area contributed by atoms with Crippen molar-refractivity contribution in [1.82, 2.24) is 0 Å². The normalized spacial score (nSPS) is 15.2. The van der Waals surface area contributed by atoms with Gasteiger partial charge in [-0.1, -0.05) is 17.7 Å². The highest BCUT2D eigenvalue weighted by Gasteiger charge is 2.12. The molecule has 3 N–H and O–H groups in total. The number of aliphatic hydroxyl groups excluding tert-OH is 2. The molecule has 0 saturated carbocycles. The van der Waals surface area contributed by atoms with Gasteiger partial charge in [-0.25, -0.2) is 0 Å². The van der Waals surface area contributed by atoms with Gasteiger partial charge in [0.15, 0.2) is 0 Å². The molecule has 0 spiro atoms. The largest absolute Gasteiger partial charge is 0.394 e. The monoisotopic (exact) mass is 230 g/mol. The van der Waals surface area contributed by atoms with Crippen LogP contribution in [0.4, 0.5) is 0 Å². The third-order valence-electron chi connectivity index (χ3n) is 1.91. The molecule has 0 aliphatic rings. The maximum atomic E-state index is 9.49. The second-order valence-corrected chi connectivity index (χ2v) is 4.41. The van der Waals surface area contributed by atoms with E-state index in [4.69, 9.17) is 10.2 Å². The van der Waals surface area contributed by atoms with E-state index in [2.05, 4.69) is 26.5 Å². The summed E-state index contributed by atoms with van der Waals surface area (Å²) in [5, 5.41) is 25.5. The van der Waals surface area contributed by atoms with Gasteiger partial charge in [0.1, 0.15) is 0 Å². The van der Waals surface area contributed by atoms with Gasteiger partial charge in [0.25, 0.3) is 0 Å².